The predicted octanol–water partition coefficient (Wildman–Crippen LogP) is 3.10. The van der Waals surface area contributed by atoms with Gasteiger partial charge in [0.2, 0.25) is 0 Å². The van der Waals surface area contributed by atoms with Crippen LogP contribution in [0.4, 0.5) is 5.82 Å². The van der Waals surface area contributed by atoms with Crippen molar-refractivity contribution in [1.29, 1.82) is 0 Å². The van der Waals surface area contributed by atoms with Crippen LogP contribution in [-0.4, -0.2) is 9.55 Å². The van der Waals surface area contributed by atoms with Gasteiger partial charge in [-0.25, -0.2) is 4.98 Å². The molecule has 1 aromatic rings. The fourth-order valence-electron chi connectivity index (χ4n) is 2.18. The summed E-state index contributed by atoms with van der Waals surface area (Å²) >= 11 is 0. The summed E-state index contributed by atoms with van der Waals surface area (Å²) in [5, 5.41) is 0. The second kappa shape index (κ2) is 4.89. The molecule has 0 atom stereocenters. The fraction of sp³-hybridized carbons (Fsp3) is 0.769. The zero-order valence-electron chi connectivity index (χ0n) is 10.5. The molecule has 2 rings (SSSR count). The third kappa shape index (κ3) is 2.23. The maximum absolute atomic E-state index is 6.20. The first-order valence-corrected chi connectivity index (χ1v) is 6.62. The van der Waals surface area contributed by atoms with Gasteiger partial charge in [-0.2, -0.15) is 0 Å². The molecular weight excluding hydrogens is 198 g/mol. The molecule has 2 N–H and O–H groups in total. The summed E-state index contributed by atoms with van der Waals surface area (Å²) in [7, 11) is 0. The van der Waals surface area contributed by atoms with E-state index in [4.69, 9.17) is 10.7 Å². The Hall–Kier alpha value is -0.990. The minimum Gasteiger partial charge on any atom is -0.384 e. The zero-order valence-corrected chi connectivity index (χ0v) is 10.5. The van der Waals surface area contributed by atoms with Crippen LogP contribution >= 0.6 is 0 Å². The van der Waals surface area contributed by atoms with E-state index in [1.807, 2.05) is 0 Å². The summed E-state index contributed by atoms with van der Waals surface area (Å²) in [5.74, 6) is 2.88. The molecule has 1 aliphatic carbocycles. The molecule has 3 heteroatoms. The molecule has 0 amide bonds. The van der Waals surface area contributed by atoms with Crippen LogP contribution in [0, 0.1) is 0 Å². The van der Waals surface area contributed by atoms with Gasteiger partial charge in [-0.1, -0.05) is 20.3 Å². The monoisotopic (exact) mass is 221 g/mol. The first-order chi connectivity index (χ1) is 7.77. The van der Waals surface area contributed by atoms with Crippen LogP contribution in [0.1, 0.15) is 63.4 Å². The Morgan fingerprint density at radius 2 is 2.06 bits per heavy atom. The first-order valence-electron chi connectivity index (χ1n) is 6.62. The number of nitrogens with two attached hydrogens (primary N) is 1. The number of hydrogen-bond acceptors (Lipinski definition) is 2. The lowest BCUT2D eigenvalue weighted by atomic mass is 10.2. The normalized spacial score (nSPS) is 15.6. The second-order valence-corrected chi connectivity index (χ2v) is 4.83. The molecule has 0 spiro atoms. The smallest absolute Gasteiger partial charge is 0.126 e. The van der Waals surface area contributed by atoms with E-state index in [-0.39, 0.29) is 0 Å². The van der Waals surface area contributed by atoms with Gasteiger partial charge in [-0.05, 0) is 32.1 Å². The molecule has 0 radical (unpaired) electrons. The van der Waals surface area contributed by atoms with E-state index in [9.17, 15) is 0 Å². The zero-order chi connectivity index (χ0) is 11.5. The topological polar surface area (TPSA) is 43.8 Å². The van der Waals surface area contributed by atoms with Crippen molar-refractivity contribution in [3.05, 3.63) is 11.5 Å². The number of nitrogens with zero attached hydrogens (tertiary/aromatic N) is 2. The molecule has 0 saturated heterocycles. The minimum absolute atomic E-state index is 0.698. The Bertz CT molecular complexity index is 350. The summed E-state index contributed by atoms with van der Waals surface area (Å²) in [6, 6.07) is 0. The predicted molar refractivity (Wildman–Crippen MR) is 67.5 cm³/mol. The summed E-state index contributed by atoms with van der Waals surface area (Å²) in [6.07, 6.45) is 7.17. The van der Waals surface area contributed by atoms with E-state index in [1.165, 1.54) is 31.5 Å². The second-order valence-electron chi connectivity index (χ2n) is 4.83. The van der Waals surface area contributed by atoms with Crippen LogP contribution in [0.15, 0.2) is 0 Å². The number of aromatic nitrogens is 2. The first kappa shape index (κ1) is 11.5. The van der Waals surface area contributed by atoms with Gasteiger partial charge in [0.1, 0.15) is 11.6 Å². The van der Waals surface area contributed by atoms with Gasteiger partial charge in [0, 0.05) is 12.5 Å². The van der Waals surface area contributed by atoms with Gasteiger partial charge in [0.25, 0.3) is 0 Å². The third-order valence-electron chi connectivity index (χ3n) is 3.27. The van der Waals surface area contributed by atoms with Crippen molar-refractivity contribution in [2.24, 2.45) is 0 Å². The van der Waals surface area contributed by atoms with Crippen molar-refractivity contribution < 1.29 is 0 Å². The molecule has 90 valence electrons. The molecule has 3 nitrogen and oxygen atoms in total. The number of nitrogen functional groups attached to an aromatic ring is 1. The fourth-order valence-corrected chi connectivity index (χ4v) is 2.18. The highest BCUT2D eigenvalue weighted by Crippen LogP contribution is 2.40. The van der Waals surface area contributed by atoms with Crippen LogP contribution in [0.2, 0.25) is 0 Å². The SMILES string of the molecule is CCCCc1nc(C2CC2)n(CCC)c1N. The van der Waals surface area contributed by atoms with E-state index in [0.29, 0.717) is 5.92 Å². The summed E-state index contributed by atoms with van der Waals surface area (Å²) in [5.41, 5.74) is 7.33. The third-order valence-corrected chi connectivity index (χ3v) is 3.27. The van der Waals surface area contributed by atoms with Crippen LogP contribution < -0.4 is 5.73 Å². The maximum atomic E-state index is 6.20. The molecule has 1 fully saturated rings. The van der Waals surface area contributed by atoms with Gasteiger partial charge in [-0.3, -0.25) is 0 Å². The van der Waals surface area contributed by atoms with Crippen LogP contribution in [0.3, 0.4) is 0 Å². The van der Waals surface area contributed by atoms with E-state index >= 15 is 0 Å². The standard InChI is InChI=1S/C13H23N3/c1-3-5-6-11-12(14)16(9-4-2)13(15-11)10-7-8-10/h10H,3-9,14H2,1-2H3. The summed E-state index contributed by atoms with van der Waals surface area (Å²) < 4.78 is 2.25. The molecule has 0 unspecified atom stereocenters. The van der Waals surface area contributed by atoms with E-state index in [0.717, 1.165) is 30.9 Å². The Morgan fingerprint density at radius 1 is 1.31 bits per heavy atom. The lowest BCUT2D eigenvalue weighted by molar-refractivity contribution is 0.646. The van der Waals surface area contributed by atoms with Crippen molar-refractivity contribution in [1.82, 2.24) is 9.55 Å². The van der Waals surface area contributed by atoms with Crippen LogP contribution in [0.5, 0.6) is 0 Å². The quantitative estimate of drug-likeness (QED) is 0.802. The number of hydrogen-bond donors (Lipinski definition) is 1. The molecule has 1 aromatic heterocycles. The highest BCUT2D eigenvalue weighted by Gasteiger charge is 2.30. The van der Waals surface area contributed by atoms with Gasteiger partial charge in [-0.15, -0.1) is 0 Å². The molecule has 0 aromatic carbocycles. The molecule has 1 saturated carbocycles. The molecular formula is C13H23N3. The largest absolute Gasteiger partial charge is 0.384 e. The molecule has 0 bridgehead atoms. The maximum Gasteiger partial charge on any atom is 0.126 e. The van der Waals surface area contributed by atoms with E-state index < -0.39 is 0 Å². The Labute approximate surface area is 98.1 Å². The lowest BCUT2D eigenvalue weighted by Crippen LogP contribution is -2.06. The average Bonchev–Trinajstić information content (AvgIpc) is 3.06. The van der Waals surface area contributed by atoms with Gasteiger partial charge in [0.15, 0.2) is 0 Å². The molecule has 16 heavy (non-hydrogen) atoms. The minimum atomic E-state index is 0.698. The average molecular weight is 221 g/mol. The van der Waals surface area contributed by atoms with Crippen molar-refractivity contribution in [2.45, 2.75) is 64.8 Å². The number of aryl methyl sites for hydroxylation is 1. The number of unbranched alkanes of at least 4 members (excludes halogenated alkanes) is 1. The summed E-state index contributed by atoms with van der Waals surface area (Å²) in [4.78, 5) is 4.77. The number of anilines is 1. The van der Waals surface area contributed by atoms with E-state index in [1.54, 1.807) is 0 Å². The molecule has 1 heterocycles. The van der Waals surface area contributed by atoms with Crippen molar-refractivity contribution >= 4 is 5.82 Å². The molecule has 0 aliphatic heterocycles. The Balaban J connectivity index is 2.21. The Kier molecular flexibility index (Phi) is 3.52. The van der Waals surface area contributed by atoms with Crippen molar-refractivity contribution in [2.75, 3.05) is 5.73 Å². The van der Waals surface area contributed by atoms with Crippen LogP contribution in [-0.2, 0) is 13.0 Å². The lowest BCUT2D eigenvalue weighted by Gasteiger charge is -2.07. The van der Waals surface area contributed by atoms with Gasteiger partial charge >= 0.3 is 0 Å². The van der Waals surface area contributed by atoms with Gasteiger partial charge in [0.05, 0.1) is 5.69 Å². The van der Waals surface area contributed by atoms with Crippen molar-refractivity contribution in [3.8, 4) is 0 Å². The molecule has 1 aliphatic rings. The number of rotatable bonds is 6. The number of imidazole rings is 1. The summed E-state index contributed by atoms with van der Waals surface area (Å²) in [6.45, 7) is 5.43. The van der Waals surface area contributed by atoms with E-state index in [2.05, 4.69) is 18.4 Å². The Morgan fingerprint density at radius 3 is 2.62 bits per heavy atom. The van der Waals surface area contributed by atoms with Gasteiger partial charge < -0.3 is 10.3 Å². The highest BCUT2D eigenvalue weighted by atomic mass is 15.1. The highest BCUT2D eigenvalue weighted by molar-refractivity contribution is 5.40. The van der Waals surface area contributed by atoms with Crippen molar-refractivity contribution in [3.63, 3.8) is 0 Å². The van der Waals surface area contributed by atoms with Crippen LogP contribution in [0.25, 0.3) is 0 Å².